The van der Waals surface area contributed by atoms with Crippen LogP contribution in [0.5, 0.6) is 0 Å². The van der Waals surface area contributed by atoms with Crippen molar-refractivity contribution >= 4 is 23.2 Å². The molecule has 1 aromatic carbocycles. The number of nitrogens with zero attached hydrogens (tertiary/aromatic N) is 1. The Bertz CT molecular complexity index is 614. The Balaban J connectivity index is 1.84. The van der Waals surface area contributed by atoms with Crippen LogP contribution in [0.3, 0.4) is 0 Å². The molecule has 1 aliphatic rings. The van der Waals surface area contributed by atoms with Gasteiger partial charge in [-0.05, 0) is 55.6 Å². The molecule has 0 bridgehead atoms. The second-order valence-electron chi connectivity index (χ2n) is 8.50. The first-order valence-corrected chi connectivity index (χ1v) is 9.94. The number of nitrogens with one attached hydrogen (secondary N) is 2. The highest BCUT2D eigenvalue weighted by Gasteiger charge is 2.27. The highest BCUT2D eigenvalue weighted by Crippen LogP contribution is 2.20. The third kappa shape index (κ3) is 7.31. The fraction of sp³-hybridized carbons (Fsp3) is 0.619. The first-order chi connectivity index (χ1) is 12.8. The van der Waals surface area contributed by atoms with Gasteiger partial charge in [-0.15, -0.1) is 0 Å². The van der Waals surface area contributed by atoms with Gasteiger partial charge in [0.25, 0.3) is 0 Å². The molecule has 0 aromatic heterocycles. The average Bonchev–Trinajstić information content (AvgIpc) is 2.57. The van der Waals surface area contributed by atoms with Gasteiger partial charge in [0.05, 0.1) is 12.6 Å². The number of nitrogens with two attached hydrogens (primary N) is 1. The number of hydrogen-bond acceptors (Lipinski definition) is 4. The van der Waals surface area contributed by atoms with Gasteiger partial charge in [0.15, 0.2) is 0 Å². The molecule has 2 amide bonds. The van der Waals surface area contributed by atoms with Gasteiger partial charge in [-0.3, -0.25) is 14.5 Å². The van der Waals surface area contributed by atoms with Crippen LogP contribution >= 0.6 is 0 Å². The van der Waals surface area contributed by atoms with Gasteiger partial charge in [-0.1, -0.05) is 40.0 Å². The summed E-state index contributed by atoms with van der Waals surface area (Å²) < 4.78 is 0. The van der Waals surface area contributed by atoms with Crippen LogP contribution < -0.4 is 16.4 Å². The summed E-state index contributed by atoms with van der Waals surface area (Å²) in [5.74, 6) is -0.210. The Kier molecular flexibility index (Phi) is 7.80. The van der Waals surface area contributed by atoms with Gasteiger partial charge in [0.2, 0.25) is 11.8 Å². The summed E-state index contributed by atoms with van der Waals surface area (Å²) in [5.41, 5.74) is 7.07. The molecule has 1 aliphatic heterocycles. The van der Waals surface area contributed by atoms with E-state index < -0.39 is 6.04 Å². The van der Waals surface area contributed by atoms with Crippen LogP contribution in [0, 0.1) is 5.41 Å². The number of hydrogen-bond donors (Lipinski definition) is 3. The smallest absolute Gasteiger partial charge is 0.241 e. The zero-order chi connectivity index (χ0) is 19.9. The van der Waals surface area contributed by atoms with E-state index in [1.165, 1.54) is 32.1 Å². The maximum absolute atomic E-state index is 12.3. The number of likely N-dealkylation sites (tertiary alicyclic amines) is 1. The maximum atomic E-state index is 12.3. The third-order valence-electron chi connectivity index (χ3n) is 4.97. The fourth-order valence-corrected chi connectivity index (χ4v) is 3.12. The monoisotopic (exact) mass is 374 g/mol. The number of benzene rings is 1. The van der Waals surface area contributed by atoms with Gasteiger partial charge < -0.3 is 16.4 Å². The standard InChI is InChI=1S/C21H34N4O2/c1-21(2,3)19(22)20(27)24-17-11-9-16(10-12-17)23-18(26)15-25-13-7-5-4-6-8-14-25/h9-12,19H,4-8,13-15,22H2,1-3H3,(H,23,26)(H,24,27)/t19-/m1/s1. The molecule has 0 unspecified atom stereocenters. The second kappa shape index (κ2) is 9.85. The van der Waals surface area contributed by atoms with E-state index in [-0.39, 0.29) is 17.2 Å². The summed E-state index contributed by atoms with van der Waals surface area (Å²) in [7, 11) is 0. The lowest BCUT2D eigenvalue weighted by molar-refractivity contribution is -0.119. The van der Waals surface area contributed by atoms with Crippen LogP contribution in [-0.2, 0) is 9.59 Å². The number of carbonyl (C=O) groups excluding carboxylic acids is 2. The zero-order valence-electron chi connectivity index (χ0n) is 16.9. The third-order valence-corrected chi connectivity index (χ3v) is 4.97. The second-order valence-corrected chi connectivity index (χ2v) is 8.50. The molecule has 6 nitrogen and oxygen atoms in total. The summed E-state index contributed by atoms with van der Waals surface area (Å²) in [5, 5.41) is 5.76. The molecule has 27 heavy (non-hydrogen) atoms. The number of carbonyl (C=O) groups is 2. The first kappa shape index (κ1) is 21.4. The lowest BCUT2D eigenvalue weighted by atomic mass is 9.87. The highest BCUT2D eigenvalue weighted by atomic mass is 16.2. The zero-order valence-corrected chi connectivity index (χ0v) is 16.9. The van der Waals surface area contributed by atoms with Crippen molar-refractivity contribution in [2.75, 3.05) is 30.3 Å². The summed E-state index contributed by atoms with van der Waals surface area (Å²) >= 11 is 0. The fourth-order valence-electron chi connectivity index (χ4n) is 3.12. The van der Waals surface area contributed by atoms with E-state index in [2.05, 4.69) is 15.5 Å². The normalized spacial score (nSPS) is 17.5. The van der Waals surface area contributed by atoms with Crippen LogP contribution in [0.15, 0.2) is 24.3 Å². The Morgan fingerprint density at radius 1 is 0.963 bits per heavy atom. The van der Waals surface area contributed by atoms with Gasteiger partial charge in [0, 0.05) is 11.4 Å². The van der Waals surface area contributed by atoms with Crippen LogP contribution in [0.1, 0.15) is 52.9 Å². The Labute approximate surface area is 162 Å². The van der Waals surface area contributed by atoms with E-state index in [1.54, 1.807) is 24.3 Å². The predicted molar refractivity (Wildman–Crippen MR) is 111 cm³/mol. The largest absolute Gasteiger partial charge is 0.325 e. The van der Waals surface area contributed by atoms with Gasteiger partial charge >= 0.3 is 0 Å². The molecule has 0 aliphatic carbocycles. The van der Waals surface area contributed by atoms with E-state index in [0.29, 0.717) is 12.2 Å². The summed E-state index contributed by atoms with van der Waals surface area (Å²) in [6, 6.07) is 6.56. The van der Waals surface area contributed by atoms with Crippen LogP contribution in [0.2, 0.25) is 0 Å². The predicted octanol–water partition coefficient (Wildman–Crippen LogP) is 3.20. The maximum Gasteiger partial charge on any atom is 0.241 e. The topological polar surface area (TPSA) is 87.5 Å². The quantitative estimate of drug-likeness (QED) is 0.738. The molecule has 1 heterocycles. The molecule has 0 radical (unpaired) electrons. The summed E-state index contributed by atoms with van der Waals surface area (Å²) in [6.45, 7) is 8.21. The van der Waals surface area contributed by atoms with Crippen molar-refractivity contribution in [3.63, 3.8) is 0 Å². The van der Waals surface area contributed by atoms with Crippen molar-refractivity contribution in [1.29, 1.82) is 0 Å². The molecule has 2 rings (SSSR count). The van der Waals surface area contributed by atoms with Gasteiger partial charge in [-0.25, -0.2) is 0 Å². The van der Waals surface area contributed by atoms with Gasteiger partial charge in [-0.2, -0.15) is 0 Å². The Hall–Kier alpha value is -1.92. The first-order valence-electron chi connectivity index (χ1n) is 9.94. The molecule has 0 saturated carbocycles. The minimum atomic E-state index is -0.588. The molecule has 150 valence electrons. The molecule has 1 atom stereocenters. The molecular weight excluding hydrogens is 340 g/mol. The van der Waals surface area contributed by atoms with Crippen molar-refractivity contribution in [2.24, 2.45) is 11.1 Å². The van der Waals surface area contributed by atoms with Crippen molar-refractivity contribution in [2.45, 2.75) is 58.9 Å². The van der Waals surface area contributed by atoms with Crippen LogP contribution in [0.25, 0.3) is 0 Å². The van der Waals surface area contributed by atoms with Crippen molar-refractivity contribution in [1.82, 2.24) is 4.90 Å². The average molecular weight is 375 g/mol. The molecule has 0 spiro atoms. The SMILES string of the molecule is CC(C)(C)[C@H](N)C(=O)Nc1ccc(NC(=O)CN2CCCCCCC2)cc1. The van der Waals surface area contributed by atoms with E-state index in [1.807, 2.05) is 20.8 Å². The molecule has 1 aromatic rings. The summed E-state index contributed by atoms with van der Waals surface area (Å²) in [4.78, 5) is 26.7. The Morgan fingerprint density at radius 2 is 1.44 bits per heavy atom. The lowest BCUT2D eigenvalue weighted by Crippen LogP contribution is -2.45. The highest BCUT2D eigenvalue weighted by molar-refractivity contribution is 5.96. The number of amides is 2. The van der Waals surface area contributed by atoms with E-state index in [9.17, 15) is 9.59 Å². The molecule has 6 heteroatoms. The molecule has 1 fully saturated rings. The van der Waals surface area contributed by atoms with Crippen LogP contribution in [0.4, 0.5) is 11.4 Å². The lowest BCUT2D eigenvalue weighted by Gasteiger charge is -2.25. The number of rotatable bonds is 5. The van der Waals surface area contributed by atoms with Crippen LogP contribution in [-0.4, -0.2) is 42.4 Å². The van der Waals surface area contributed by atoms with Crippen molar-refractivity contribution in [3.8, 4) is 0 Å². The molecule has 1 saturated heterocycles. The van der Waals surface area contributed by atoms with E-state index in [4.69, 9.17) is 5.73 Å². The van der Waals surface area contributed by atoms with Crippen molar-refractivity contribution in [3.05, 3.63) is 24.3 Å². The van der Waals surface area contributed by atoms with Crippen molar-refractivity contribution < 1.29 is 9.59 Å². The molecular formula is C21H34N4O2. The van der Waals surface area contributed by atoms with Gasteiger partial charge in [0.1, 0.15) is 0 Å². The Morgan fingerprint density at radius 3 is 1.96 bits per heavy atom. The van der Waals surface area contributed by atoms with E-state index >= 15 is 0 Å². The molecule has 4 N–H and O–H groups in total. The number of anilines is 2. The summed E-state index contributed by atoms with van der Waals surface area (Å²) in [6.07, 6.45) is 6.15. The van der Waals surface area contributed by atoms with E-state index in [0.717, 1.165) is 18.8 Å². The minimum absolute atomic E-state index is 0.00196. The minimum Gasteiger partial charge on any atom is -0.325 e.